The quantitative estimate of drug-likeness (QED) is 0.469. The van der Waals surface area contributed by atoms with Crippen LogP contribution in [-0.4, -0.2) is 15.5 Å². The fourth-order valence-electron chi connectivity index (χ4n) is 3.28. The molecule has 1 aromatic heterocycles. The molecule has 1 amide bonds. The third-order valence-electron chi connectivity index (χ3n) is 4.69. The number of hydrogen-bond donors (Lipinski definition) is 1. The minimum absolute atomic E-state index is 0.205. The Hall–Kier alpha value is -3.15. The molecule has 1 N–H and O–H groups in total. The van der Waals surface area contributed by atoms with Gasteiger partial charge in [0.1, 0.15) is 6.54 Å². The highest BCUT2D eigenvalue weighted by atomic mass is 35.5. The van der Waals surface area contributed by atoms with Crippen molar-refractivity contribution in [2.45, 2.75) is 13.5 Å². The first kappa shape index (κ1) is 20.1. The lowest BCUT2D eigenvalue weighted by Gasteiger charge is -2.14. The molecule has 4 aromatic rings. The van der Waals surface area contributed by atoms with Gasteiger partial charge in [0.05, 0.1) is 21.9 Å². The number of anilines is 1. The molecule has 0 bridgehead atoms. The number of halogens is 2. The van der Waals surface area contributed by atoms with Crippen molar-refractivity contribution in [3.05, 3.63) is 92.8 Å². The third kappa shape index (κ3) is 4.08. The number of nitrogens with one attached hydrogen (secondary N) is 1. The summed E-state index contributed by atoms with van der Waals surface area (Å²) in [6.45, 7) is 1.71. The van der Waals surface area contributed by atoms with Crippen LogP contribution in [0.3, 0.4) is 0 Å². The molecule has 150 valence electrons. The lowest BCUT2D eigenvalue weighted by molar-refractivity contribution is -0.116. The van der Waals surface area contributed by atoms with Crippen LogP contribution in [-0.2, 0) is 11.3 Å². The van der Waals surface area contributed by atoms with Crippen LogP contribution in [0.25, 0.3) is 22.2 Å². The average molecular weight is 438 g/mol. The minimum Gasteiger partial charge on any atom is -0.323 e. The molecule has 5 nitrogen and oxygen atoms in total. The highest BCUT2D eigenvalue weighted by molar-refractivity contribution is 6.33. The van der Waals surface area contributed by atoms with Gasteiger partial charge in [0.15, 0.2) is 0 Å². The zero-order chi connectivity index (χ0) is 21.3. The van der Waals surface area contributed by atoms with Gasteiger partial charge in [0.25, 0.3) is 0 Å². The van der Waals surface area contributed by atoms with Crippen molar-refractivity contribution >= 4 is 45.7 Å². The number of nitrogens with zero attached hydrogens (tertiary/aromatic N) is 2. The summed E-state index contributed by atoms with van der Waals surface area (Å²) in [5, 5.41) is 4.39. The zero-order valence-corrected chi connectivity index (χ0v) is 17.5. The van der Waals surface area contributed by atoms with Crippen LogP contribution in [0.1, 0.15) is 5.56 Å². The van der Waals surface area contributed by atoms with E-state index in [-0.39, 0.29) is 12.5 Å². The van der Waals surface area contributed by atoms with E-state index < -0.39 is 5.69 Å². The van der Waals surface area contributed by atoms with Crippen molar-refractivity contribution in [1.29, 1.82) is 0 Å². The summed E-state index contributed by atoms with van der Waals surface area (Å²) in [6.07, 6.45) is 0. The molecule has 0 fully saturated rings. The van der Waals surface area contributed by atoms with Crippen molar-refractivity contribution in [2.24, 2.45) is 0 Å². The maximum Gasteiger partial charge on any atom is 0.349 e. The van der Waals surface area contributed by atoms with Gasteiger partial charge in [-0.25, -0.2) is 4.79 Å². The van der Waals surface area contributed by atoms with Gasteiger partial charge in [-0.3, -0.25) is 9.36 Å². The number of amides is 1. The van der Waals surface area contributed by atoms with E-state index in [1.165, 1.54) is 4.57 Å². The molecule has 0 aliphatic rings. The monoisotopic (exact) mass is 437 g/mol. The minimum atomic E-state index is -0.520. The Morgan fingerprint density at radius 3 is 2.53 bits per heavy atom. The van der Waals surface area contributed by atoms with Crippen molar-refractivity contribution in [3.8, 4) is 11.3 Å². The van der Waals surface area contributed by atoms with Crippen molar-refractivity contribution in [3.63, 3.8) is 0 Å². The first-order valence-corrected chi connectivity index (χ1v) is 9.99. The third-order valence-corrected chi connectivity index (χ3v) is 5.24. The van der Waals surface area contributed by atoms with Crippen LogP contribution in [0.4, 0.5) is 5.69 Å². The SMILES string of the molecule is Cc1ccc(NC(=O)Cn2c(=O)nc(-c3ccccc3)c3cc(Cl)ccc32)c(Cl)c1. The van der Waals surface area contributed by atoms with Gasteiger partial charge in [-0.1, -0.05) is 59.6 Å². The van der Waals surface area contributed by atoms with Crippen molar-refractivity contribution < 1.29 is 4.79 Å². The lowest BCUT2D eigenvalue weighted by atomic mass is 10.1. The van der Waals surface area contributed by atoms with Gasteiger partial charge in [0.2, 0.25) is 5.91 Å². The van der Waals surface area contributed by atoms with E-state index in [4.69, 9.17) is 23.2 Å². The Kier molecular flexibility index (Phi) is 5.57. The fraction of sp³-hybridized carbons (Fsp3) is 0.0870. The molecule has 7 heteroatoms. The topological polar surface area (TPSA) is 64.0 Å². The first-order valence-electron chi connectivity index (χ1n) is 9.24. The normalized spacial score (nSPS) is 10.9. The summed E-state index contributed by atoms with van der Waals surface area (Å²) in [4.78, 5) is 29.7. The predicted molar refractivity (Wildman–Crippen MR) is 121 cm³/mol. The molecular weight excluding hydrogens is 421 g/mol. The Labute approximate surface area is 182 Å². The van der Waals surface area contributed by atoms with Crippen LogP contribution in [0, 0.1) is 6.92 Å². The second kappa shape index (κ2) is 8.30. The van der Waals surface area contributed by atoms with E-state index in [0.717, 1.165) is 11.1 Å². The van der Waals surface area contributed by atoms with Crippen LogP contribution in [0.2, 0.25) is 10.0 Å². The lowest BCUT2D eigenvalue weighted by Crippen LogP contribution is -2.30. The molecule has 0 spiro atoms. The number of aryl methyl sites for hydroxylation is 1. The largest absolute Gasteiger partial charge is 0.349 e. The Morgan fingerprint density at radius 2 is 1.80 bits per heavy atom. The molecule has 0 radical (unpaired) electrons. The Balaban J connectivity index is 1.75. The Morgan fingerprint density at radius 1 is 1.03 bits per heavy atom. The molecule has 1 heterocycles. The van der Waals surface area contributed by atoms with E-state index in [0.29, 0.717) is 32.3 Å². The van der Waals surface area contributed by atoms with Crippen LogP contribution >= 0.6 is 23.2 Å². The second-order valence-corrected chi connectivity index (χ2v) is 7.73. The van der Waals surface area contributed by atoms with Gasteiger partial charge in [-0.15, -0.1) is 0 Å². The highest BCUT2D eigenvalue weighted by Crippen LogP contribution is 2.28. The summed E-state index contributed by atoms with van der Waals surface area (Å²) in [5.41, 5.74) is 2.85. The molecule has 0 aliphatic carbocycles. The first-order chi connectivity index (χ1) is 14.4. The molecule has 30 heavy (non-hydrogen) atoms. The maximum atomic E-state index is 12.8. The van der Waals surface area contributed by atoms with E-state index in [9.17, 15) is 9.59 Å². The molecule has 0 saturated carbocycles. The number of benzene rings is 3. The van der Waals surface area contributed by atoms with E-state index in [1.54, 1.807) is 30.3 Å². The van der Waals surface area contributed by atoms with Crippen LogP contribution in [0.5, 0.6) is 0 Å². The number of hydrogen-bond acceptors (Lipinski definition) is 3. The summed E-state index contributed by atoms with van der Waals surface area (Å²) in [7, 11) is 0. The molecule has 0 atom stereocenters. The van der Waals surface area contributed by atoms with Gasteiger partial charge >= 0.3 is 5.69 Å². The average Bonchev–Trinajstić information content (AvgIpc) is 2.72. The molecular formula is C23H17Cl2N3O2. The summed E-state index contributed by atoms with van der Waals surface area (Å²) < 4.78 is 1.33. The molecule has 3 aromatic carbocycles. The zero-order valence-electron chi connectivity index (χ0n) is 16.0. The van der Waals surface area contributed by atoms with Gasteiger partial charge in [0, 0.05) is 16.0 Å². The van der Waals surface area contributed by atoms with E-state index in [1.807, 2.05) is 43.3 Å². The van der Waals surface area contributed by atoms with Gasteiger partial charge in [-0.05, 0) is 42.8 Å². The van der Waals surface area contributed by atoms with Crippen LogP contribution in [0.15, 0.2) is 71.5 Å². The molecule has 0 aliphatic heterocycles. The maximum absolute atomic E-state index is 12.8. The van der Waals surface area contributed by atoms with Crippen LogP contribution < -0.4 is 11.0 Å². The number of carbonyl (C=O) groups is 1. The summed E-state index contributed by atoms with van der Waals surface area (Å²) in [5.74, 6) is -0.381. The summed E-state index contributed by atoms with van der Waals surface area (Å²) in [6, 6.07) is 19.9. The van der Waals surface area contributed by atoms with Crippen molar-refractivity contribution in [1.82, 2.24) is 9.55 Å². The highest BCUT2D eigenvalue weighted by Gasteiger charge is 2.15. The molecule has 4 rings (SSSR count). The van der Waals surface area contributed by atoms with Gasteiger partial charge in [-0.2, -0.15) is 4.98 Å². The van der Waals surface area contributed by atoms with Crippen molar-refractivity contribution in [2.75, 3.05) is 5.32 Å². The Bertz CT molecular complexity index is 1320. The number of rotatable bonds is 4. The number of fused-ring (bicyclic) bond motifs is 1. The summed E-state index contributed by atoms with van der Waals surface area (Å²) >= 11 is 12.4. The fourth-order valence-corrected chi connectivity index (χ4v) is 3.73. The van der Waals surface area contributed by atoms with Gasteiger partial charge < -0.3 is 5.32 Å². The standard InChI is InChI=1S/C23H17Cl2N3O2/c1-14-7-9-19(18(25)11-14)26-21(29)13-28-20-10-8-16(24)12-17(20)22(27-23(28)30)15-5-3-2-4-6-15/h2-12H,13H2,1H3,(H,26,29). The molecule has 0 saturated heterocycles. The number of aromatic nitrogens is 2. The molecule has 0 unspecified atom stereocenters. The predicted octanol–water partition coefficient (Wildman–Crippen LogP) is 5.32. The van der Waals surface area contributed by atoms with E-state index in [2.05, 4.69) is 10.3 Å². The van der Waals surface area contributed by atoms with E-state index >= 15 is 0 Å². The number of carbonyl (C=O) groups excluding carboxylic acids is 1. The second-order valence-electron chi connectivity index (χ2n) is 6.89. The smallest absolute Gasteiger partial charge is 0.323 e.